The van der Waals surface area contributed by atoms with Gasteiger partial charge >= 0.3 is 0 Å². The predicted octanol–water partition coefficient (Wildman–Crippen LogP) is 2.21. The van der Waals surface area contributed by atoms with E-state index in [2.05, 4.69) is 16.7 Å². The van der Waals surface area contributed by atoms with Crippen LogP contribution in [0.3, 0.4) is 0 Å². The van der Waals surface area contributed by atoms with Crippen LogP contribution < -0.4 is 4.74 Å². The van der Waals surface area contributed by atoms with Gasteiger partial charge in [-0.15, -0.1) is 0 Å². The lowest BCUT2D eigenvalue weighted by Crippen LogP contribution is -2.55. The van der Waals surface area contributed by atoms with Crippen LogP contribution in [0.25, 0.3) is 0 Å². The summed E-state index contributed by atoms with van der Waals surface area (Å²) in [5.74, 6) is 0.960. The van der Waals surface area contributed by atoms with Gasteiger partial charge in [0.25, 0.3) is 0 Å². The molecule has 1 aromatic carbocycles. The molecule has 3 aliphatic rings. The standard InChI is InChI=1S/C26H39ClN4O4/c1-2-28-9-11-29(12-10-28)19-25(33)31-8-4-7-26(20-31,18-24(32)30-13-15-34-16-14-30)21-35-23-6-3-5-22(27)17-23/h3,5-6,17H,2,4,7-16,18-21H2,1H3/t26-/m0/s1. The van der Waals surface area contributed by atoms with E-state index in [1.165, 1.54) is 0 Å². The molecule has 0 saturated carbocycles. The third kappa shape index (κ3) is 7.32. The number of carbonyl (C=O) groups excluding carboxylic acids is 2. The monoisotopic (exact) mass is 506 g/mol. The number of hydrogen-bond acceptors (Lipinski definition) is 6. The van der Waals surface area contributed by atoms with Gasteiger partial charge in [0.1, 0.15) is 5.75 Å². The van der Waals surface area contributed by atoms with E-state index < -0.39 is 5.41 Å². The van der Waals surface area contributed by atoms with Crippen molar-refractivity contribution in [3.63, 3.8) is 0 Å². The van der Waals surface area contributed by atoms with E-state index >= 15 is 0 Å². The van der Waals surface area contributed by atoms with Crippen molar-refractivity contribution in [2.24, 2.45) is 5.41 Å². The van der Waals surface area contributed by atoms with Crippen LogP contribution in [-0.2, 0) is 14.3 Å². The second-order valence-corrected chi connectivity index (χ2v) is 10.5. The van der Waals surface area contributed by atoms with Crippen LogP contribution >= 0.6 is 11.6 Å². The smallest absolute Gasteiger partial charge is 0.236 e. The Morgan fingerprint density at radius 1 is 1.00 bits per heavy atom. The first-order chi connectivity index (χ1) is 17.0. The van der Waals surface area contributed by atoms with Crippen LogP contribution in [0.1, 0.15) is 26.2 Å². The molecule has 3 saturated heterocycles. The number of likely N-dealkylation sites (tertiary alicyclic amines) is 1. The number of morpholine rings is 1. The number of nitrogens with zero attached hydrogens (tertiary/aromatic N) is 4. The molecule has 35 heavy (non-hydrogen) atoms. The van der Waals surface area contributed by atoms with E-state index in [1.54, 1.807) is 6.07 Å². The van der Waals surface area contributed by atoms with E-state index in [9.17, 15) is 9.59 Å². The SMILES string of the molecule is CCN1CCN(CC(=O)N2CCC[C@](COc3cccc(Cl)c3)(CC(=O)N3CCOCC3)C2)CC1. The molecule has 1 atom stereocenters. The van der Waals surface area contributed by atoms with Gasteiger partial charge in [-0.05, 0) is 37.6 Å². The quantitative estimate of drug-likeness (QED) is 0.538. The Hall–Kier alpha value is -1.87. The largest absolute Gasteiger partial charge is 0.493 e. The van der Waals surface area contributed by atoms with Crippen molar-refractivity contribution in [2.75, 3.05) is 85.3 Å². The Bertz CT molecular complexity index is 858. The van der Waals surface area contributed by atoms with E-state index in [0.717, 1.165) is 52.1 Å². The molecule has 8 nitrogen and oxygen atoms in total. The number of carbonyl (C=O) groups is 2. The van der Waals surface area contributed by atoms with E-state index in [1.807, 2.05) is 28.0 Å². The number of rotatable bonds is 8. The van der Waals surface area contributed by atoms with Gasteiger partial charge in [-0.25, -0.2) is 0 Å². The topological polar surface area (TPSA) is 65.6 Å². The first-order valence-corrected chi connectivity index (χ1v) is 13.3. The third-order valence-electron chi connectivity index (χ3n) is 7.52. The molecule has 194 valence electrons. The molecule has 3 fully saturated rings. The molecule has 0 aromatic heterocycles. The molecule has 0 unspecified atom stereocenters. The summed E-state index contributed by atoms with van der Waals surface area (Å²) in [6, 6.07) is 7.34. The summed E-state index contributed by atoms with van der Waals surface area (Å²) in [6.45, 7) is 11.6. The summed E-state index contributed by atoms with van der Waals surface area (Å²) in [5.41, 5.74) is -0.424. The molecule has 0 radical (unpaired) electrons. The fraction of sp³-hybridized carbons (Fsp3) is 0.692. The lowest BCUT2D eigenvalue weighted by molar-refractivity contribution is -0.144. The lowest BCUT2D eigenvalue weighted by atomic mass is 9.77. The van der Waals surface area contributed by atoms with Gasteiger partial charge in [0.2, 0.25) is 11.8 Å². The zero-order valence-electron chi connectivity index (χ0n) is 20.9. The Morgan fingerprint density at radius 3 is 2.46 bits per heavy atom. The lowest BCUT2D eigenvalue weighted by Gasteiger charge is -2.44. The molecule has 1 aromatic rings. The molecule has 0 N–H and O–H groups in total. The zero-order valence-corrected chi connectivity index (χ0v) is 21.7. The normalized spacial score (nSPS) is 24.4. The molecule has 0 bridgehead atoms. The van der Waals surface area contributed by atoms with Crippen LogP contribution in [0.5, 0.6) is 5.75 Å². The Kier molecular flexibility index (Phi) is 9.27. The van der Waals surface area contributed by atoms with Gasteiger partial charge in [0.15, 0.2) is 0 Å². The molecule has 3 heterocycles. The number of ether oxygens (including phenoxy) is 2. The number of benzene rings is 1. The van der Waals surface area contributed by atoms with Crippen LogP contribution in [0.4, 0.5) is 0 Å². The maximum Gasteiger partial charge on any atom is 0.236 e. The van der Waals surface area contributed by atoms with Crippen molar-refractivity contribution >= 4 is 23.4 Å². The second-order valence-electron chi connectivity index (χ2n) is 10.0. The first-order valence-electron chi connectivity index (χ1n) is 12.9. The van der Waals surface area contributed by atoms with Gasteiger partial charge in [-0.2, -0.15) is 0 Å². The summed E-state index contributed by atoms with van der Waals surface area (Å²) in [6.07, 6.45) is 2.08. The highest BCUT2D eigenvalue weighted by Crippen LogP contribution is 2.36. The average Bonchev–Trinajstić information content (AvgIpc) is 2.89. The van der Waals surface area contributed by atoms with Crippen molar-refractivity contribution in [1.29, 1.82) is 0 Å². The van der Waals surface area contributed by atoms with E-state index in [4.69, 9.17) is 21.1 Å². The zero-order chi connectivity index (χ0) is 24.7. The Morgan fingerprint density at radius 2 is 1.74 bits per heavy atom. The fourth-order valence-corrected chi connectivity index (χ4v) is 5.51. The van der Waals surface area contributed by atoms with Gasteiger partial charge in [0, 0.05) is 69.2 Å². The highest BCUT2D eigenvalue weighted by molar-refractivity contribution is 6.30. The molecule has 9 heteroatoms. The maximum absolute atomic E-state index is 13.3. The highest BCUT2D eigenvalue weighted by atomic mass is 35.5. The number of likely N-dealkylation sites (N-methyl/N-ethyl adjacent to an activating group) is 1. The van der Waals surface area contributed by atoms with Crippen LogP contribution in [-0.4, -0.2) is 117 Å². The number of piperazine rings is 1. The van der Waals surface area contributed by atoms with Crippen molar-refractivity contribution in [2.45, 2.75) is 26.2 Å². The van der Waals surface area contributed by atoms with Gasteiger partial charge in [-0.1, -0.05) is 24.6 Å². The van der Waals surface area contributed by atoms with Crippen molar-refractivity contribution in [3.05, 3.63) is 29.3 Å². The molecule has 0 aliphatic carbocycles. The summed E-state index contributed by atoms with van der Waals surface area (Å²) in [4.78, 5) is 35.1. The minimum Gasteiger partial charge on any atom is -0.493 e. The predicted molar refractivity (Wildman–Crippen MR) is 136 cm³/mol. The number of amides is 2. The number of piperidine rings is 1. The van der Waals surface area contributed by atoms with Gasteiger partial charge in [0.05, 0.1) is 26.4 Å². The molecule has 2 amide bonds. The third-order valence-corrected chi connectivity index (χ3v) is 7.75. The summed E-state index contributed by atoms with van der Waals surface area (Å²) < 4.78 is 11.6. The molecule has 0 spiro atoms. The first kappa shape index (κ1) is 26.2. The van der Waals surface area contributed by atoms with Crippen LogP contribution in [0, 0.1) is 5.41 Å². The second kappa shape index (κ2) is 12.4. The number of halogens is 1. The molecular weight excluding hydrogens is 468 g/mol. The summed E-state index contributed by atoms with van der Waals surface area (Å²) >= 11 is 6.15. The summed E-state index contributed by atoms with van der Waals surface area (Å²) in [7, 11) is 0. The van der Waals surface area contributed by atoms with E-state index in [-0.39, 0.29) is 11.8 Å². The van der Waals surface area contributed by atoms with Crippen LogP contribution in [0.15, 0.2) is 24.3 Å². The van der Waals surface area contributed by atoms with Crippen molar-refractivity contribution in [3.8, 4) is 5.75 Å². The average molecular weight is 507 g/mol. The number of hydrogen-bond donors (Lipinski definition) is 0. The highest BCUT2D eigenvalue weighted by Gasteiger charge is 2.41. The van der Waals surface area contributed by atoms with E-state index in [0.29, 0.717) is 63.2 Å². The molecule has 3 aliphatic heterocycles. The minimum atomic E-state index is -0.424. The van der Waals surface area contributed by atoms with Crippen molar-refractivity contribution < 1.29 is 19.1 Å². The maximum atomic E-state index is 13.3. The summed E-state index contributed by atoms with van der Waals surface area (Å²) in [5, 5.41) is 0.615. The Labute approximate surface area is 214 Å². The molecule has 4 rings (SSSR count). The molecular formula is C26H39ClN4O4. The van der Waals surface area contributed by atoms with Crippen molar-refractivity contribution in [1.82, 2.24) is 19.6 Å². The Balaban J connectivity index is 1.42. The minimum absolute atomic E-state index is 0.119. The fourth-order valence-electron chi connectivity index (χ4n) is 5.33. The van der Waals surface area contributed by atoms with Gasteiger partial charge < -0.3 is 24.2 Å². The van der Waals surface area contributed by atoms with Gasteiger partial charge in [-0.3, -0.25) is 14.5 Å². The van der Waals surface area contributed by atoms with Crippen LogP contribution in [0.2, 0.25) is 5.02 Å².